The van der Waals surface area contributed by atoms with Crippen LogP contribution >= 0.6 is 0 Å². The number of hydrogen-bond donors (Lipinski definition) is 2. The van der Waals surface area contributed by atoms with Crippen LogP contribution in [0.5, 0.6) is 0 Å². The van der Waals surface area contributed by atoms with Gasteiger partial charge in [0.1, 0.15) is 5.60 Å². The first kappa shape index (κ1) is 19.9. The lowest BCUT2D eigenvalue weighted by Crippen LogP contribution is -2.41. The summed E-state index contributed by atoms with van der Waals surface area (Å²) in [7, 11) is 1.63. The minimum atomic E-state index is -0.616. The van der Waals surface area contributed by atoms with E-state index in [9.17, 15) is 9.59 Å². The van der Waals surface area contributed by atoms with Gasteiger partial charge >= 0.3 is 6.03 Å². The maximum absolute atomic E-state index is 12.3. The van der Waals surface area contributed by atoms with E-state index < -0.39 is 5.60 Å². The van der Waals surface area contributed by atoms with Crippen molar-refractivity contribution < 1.29 is 14.3 Å². The molecule has 3 rings (SSSR count). The molecule has 148 valence electrons. The third kappa shape index (κ3) is 4.70. The van der Waals surface area contributed by atoms with Crippen LogP contribution in [0.25, 0.3) is 0 Å². The van der Waals surface area contributed by atoms with Crippen molar-refractivity contribution in [1.29, 1.82) is 0 Å². The fourth-order valence-electron chi connectivity index (χ4n) is 3.19. The number of benzene rings is 2. The smallest absolute Gasteiger partial charge is 0.319 e. The van der Waals surface area contributed by atoms with Gasteiger partial charge in [0.2, 0.25) is 5.91 Å². The highest BCUT2D eigenvalue weighted by Crippen LogP contribution is 2.32. The number of urea groups is 1. The molecule has 28 heavy (non-hydrogen) atoms. The van der Waals surface area contributed by atoms with Crippen molar-refractivity contribution >= 4 is 23.3 Å². The van der Waals surface area contributed by atoms with Gasteiger partial charge in [0.05, 0.1) is 6.54 Å². The first-order valence-corrected chi connectivity index (χ1v) is 9.48. The zero-order valence-electron chi connectivity index (χ0n) is 16.6. The predicted molar refractivity (Wildman–Crippen MR) is 110 cm³/mol. The highest BCUT2D eigenvalue weighted by molar-refractivity contribution is 5.93. The molecule has 0 aromatic heterocycles. The number of nitrogens with zero attached hydrogens (tertiary/aromatic N) is 1. The topological polar surface area (TPSA) is 70.7 Å². The highest BCUT2D eigenvalue weighted by Gasteiger charge is 2.32. The molecule has 6 heteroatoms. The molecule has 2 N–H and O–H groups in total. The zero-order chi connectivity index (χ0) is 20.1. The van der Waals surface area contributed by atoms with E-state index in [1.165, 1.54) is 0 Å². The normalized spacial score (nSPS) is 15.4. The summed E-state index contributed by atoms with van der Waals surface area (Å²) in [5.74, 6) is 0.0423. The van der Waals surface area contributed by atoms with E-state index in [0.717, 1.165) is 24.1 Å². The summed E-state index contributed by atoms with van der Waals surface area (Å²) in [5.41, 5.74) is 1.90. The average molecular weight is 381 g/mol. The summed E-state index contributed by atoms with van der Waals surface area (Å²) in [4.78, 5) is 26.0. The summed E-state index contributed by atoms with van der Waals surface area (Å²) in [6, 6.07) is 17.1. The van der Waals surface area contributed by atoms with Crippen molar-refractivity contribution in [1.82, 2.24) is 5.32 Å². The quantitative estimate of drug-likeness (QED) is 0.764. The van der Waals surface area contributed by atoms with Gasteiger partial charge < -0.3 is 20.3 Å². The number of nitrogens with one attached hydrogen (secondary N) is 2. The lowest BCUT2D eigenvalue weighted by atomic mass is 9.96. The Hall–Kier alpha value is -2.86. The van der Waals surface area contributed by atoms with Gasteiger partial charge in [0.15, 0.2) is 0 Å². The molecular weight excluding hydrogens is 354 g/mol. The van der Waals surface area contributed by atoms with E-state index in [-0.39, 0.29) is 11.9 Å². The van der Waals surface area contributed by atoms with Crippen LogP contribution in [0.4, 0.5) is 16.2 Å². The first-order chi connectivity index (χ1) is 13.4. The summed E-state index contributed by atoms with van der Waals surface area (Å²) in [6.45, 7) is 3.85. The van der Waals surface area contributed by atoms with E-state index in [1.54, 1.807) is 26.2 Å². The van der Waals surface area contributed by atoms with Crippen LogP contribution in [0.3, 0.4) is 0 Å². The van der Waals surface area contributed by atoms with Crippen LogP contribution in [-0.4, -0.2) is 31.6 Å². The standard InChI is InChI=1S/C22H27N3O3/c1-16(26)25(20-13-14-20)19-11-9-18(10-12-19)24-21(27)23-15-22(2,28-3)17-7-5-4-6-8-17/h4-12,20H,13-15H2,1-3H3,(H2,23,24,27). The fraction of sp³-hybridized carbons (Fsp3) is 0.364. The maximum atomic E-state index is 12.3. The Morgan fingerprint density at radius 1 is 1.11 bits per heavy atom. The molecule has 0 spiro atoms. The number of carbonyl (C=O) groups is 2. The van der Waals surface area contributed by atoms with Gasteiger partial charge in [0, 0.05) is 31.5 Å². The highest BCUT2D eigenvalue weighted by atomic mass is 16.5. The molecule has 0 saturated heterocycles. The third-order valence-corrected chi connectivity index (χ3v) is 5.08. The second-order valence-corrected chi connectivity index (χ2v) is 7.28. The molecule has 1 saturated carbocycles. The molecule has 1 unspecified atom stereocenters. The van der Waals surface area contributed by atoms with Gasteiger partial charge in [-0.2, -0.15) is 0 Å². The van der Waals surface area contributed by atoms with Crippen LogP contribution < -0.4 is 15.5 Å². The van der Waals surface area contributed by atoms with Crippen molar-refractivity contribution in [3.8, 4) is 0 Å². The van der Waals surface area contributed by atoms with Gasteiger partial charge in [-0.05, 0) is 49.6 Å². The number of hydrogen-bond acceptors (Lipinski definition) is 3. The Balaban J connectivity index is 1.58. The molecule has 6 nitrogen and oxygen atoms in total. The molecule has 3 amide bonds. The molecule has 0 heterocycles. The van der Waals surface area contributed by atoms with Gasteiger partial charge in [-0.1, -0.05) is 30.3 Å². The Bertz CT molecular complexity index is 819. The molecule has 2 aromatic rings. The van der Waals surface area contributed by atoms with Gasteiger partial charge in [0.25, 0.3) is 0 Å². The molecule has 1 atom stereocenters. The van der Waals surface area contributed by atoms with Crippen molar-refractivity contribution in [2.24, 2.45) is 0 Å². The van der Waals surface area contributed by atoms with Gasteiger partial charge in [-0.25, -0.2) is 4.79 Å². The zero-order valence-corrected chi connectivity index (χ0v) is 16.6. The molecule has 0 bridgehead atoms. The van der Waals surface area contributed by atoms with Crippen LogP contribution in [0.15, 0.2) is 54.6 Å². The van der Waals surface area contributed by atoms with Crippen LogP contribution in [0.2, 0.25) is 0 Å². The number of methoxy groups -OCH3 is 1. The lowest BCUT2D eigenvalue weighted by Gasteiger charge is -2.29. The molecule has 0 aliphatic heterocycles. The van der Waals surface area contributed by atoms with Crippen LogP contribution in [-0.2, 0) is 15.1 Å². The lowest BCUT2D eigenvalue weighted by molar-refractivity contribution is -0.116. The van der Waals surface area contributed by atoms with Gasteiger partial charge in [-0.3, -0.25) is 4.79 Å². The van der Waals surface area contributed by atoms with Crippen molar-refractivity contribution in [3.05, 3.63) is 60.2 Å². The second-order valence-electron chi connectivity index (χ2n) is 7.28. The molecule has 1 fully saturated rings. The van der Waals surface area contributed by atoms with E-state index in [0.29, 0.717) is 18.3 Å². The van der Waals surface area contributed by atoms with E-state index in [2.05, 4.69) is 10.6 Å². The molecular formula is C22H27N3O3. The average Bonchev–Trinajstić information content (AvgIpc) is 3.53. The van der Waals surface area contributed by atoms with Crippen molar-refractivity contribution in [3.63, 3.8) is 0 Å². The fourth-order valence-corrected chi connectivity index (χ4v) is 3.19. The molecule has 1 aliphatic carbocycles. The Kier molecular flexibility index (Phi) is 5.99. The summed E-state index contributed by atoms with van der Waals surface area (Å²) in [5, 5.41) is 5.69. The third-order valence-electron chi connectivity index (χ3n) is 5.08. The van der Waals surface area contributed by atoms with Crippen molar-refractivity contribution in [2.75, 3.05) is 23.9 Å². The van der Waals surface area contributed by atoms with Crippen LogP contribution in [0.1, 0.15) is 32.3 Å². The van der Waals surface area contributed by atoms with E-state index in [4.69, 9.17) is 4.74 Å². The summed E-state index contributed by atoms with van der Waals surface area (Å²) in [6.07, 6.45) is 2.09. The Morgan fingerprint density at radius 2 is 1.75 bits per heavy atom. The molecule has 0 radical (unpaired) electrons. The SMILES string of the molecule is COC(C)(CNC(=O)Nc1ccc(N(C(C)=O)C2CC2)cc1)c1ccccc1. The number of ether oxygens (including phenoxy) is 1. The Labute approximate surface area is 165 Å². The minimum Gasteiger partial charge on any atom is -0.372 e. The number of rotatable bonds is 7. The second kappa shape index (κ2) is 8.44. The summed E-state index contributed by atoms with van der Waals surface area (Å²) >= 11 is 0. The van der Waals surface area contributed by atoms with Crippen LogP contribution in [0, 0.1) is 0 Å². The first-order valence-electron chi connectivity index (χ1n) is 9.48. The number of amides is 3. The Morgan fingerprint density at radius 3 is 2.29 bits per heavy atom. The summed E-state index contributed by atoms with van der Waals surface area (Å²) < 4.78 is 5.64. The van der Waals surface area contributed by atoms with E-state index in [1.807, 2.05) is 54.3 Å². The van der Waals surface area contributed by atoms with E-state index >= 15 is 0 Å². The predicted octanol–water partition coefficient (Wildman–Crippen LogP) is 3.89. The van der Waals surface area contributed by atoms with Crippen molar-refractivity contribution in [2.45, 2.75) is 38.3 Å². The maximum Gasteiger partial charge on any atom is 0.319 e. The number of anilines is 2. The monoisotopic (exact) mass is 381 g/mol. The minimum absolute atomic E-state index is 0.0423. The number of carbonyl (C=O) groups excluding carboxylic acids is 2. The van der Waals surface area contributed by atoms with Gasteiger partial charge in [-0.15, -0.1) is 0 Å². The largest absolute Gasteiger partial charge is 0.372 e. The molecule has 2 aromatic carbocycles. The molecule has 1 aliphatic rings.